The highest BCUT2D eigenvalue weighted by molar-refractivity contribution is 5.91. The van der Waals surface area contributed by atoms with Crippen molar-refractivity contribution in [1.29, 1.82) is 0 Å². The quantitative estimate of drug-likeness (QED) is 0.600. The number of hydrogen-bond donors (Lipinski definition) is 2. The summed E-state index contributed by atoms with van der Waals surface area (Å²) < 4.78 is 4.81. The van der Waals surface area contributed by atoms with E-state index in [2.05, 4.69) is 10.6 Å². The molecule has 1 fully saturated rings. The Morgan fingerprint density at radius 3 is 3.06 bits per heavy atom. The standard InChI is InChI=1S/C11H15N3O4/c15-11(9-1-2-10(18-9)14(16)17)13-6-4-8-3-5-12-7-8/h1-2,8,12H,3-7H2,(H,13,15). The molecule has 1 aromatic rings. The van der Waals surface area contributed by atoms with Crippen LogP contribution in [0.25, 0.3) is 0 Å². The molecule has 2 rings (SSSR count). The van der Waals surface area contributed by atoms with Crippen LogP contribution < -0.4 is 10.6 Å². The van der Waals surface area contributed by atoms with Crippen molar-refractivity contribution >= 4 is 11.8 Å². The molecule has 1 amide bonds. The molecule has 1 atom stereocenters. The number of carbonyl (C=O) groups is 1. The predicted molar refractivity (Wildman–Crippen MR) is 63.3 cm³/mol. The molecule has 2 heterocycles. The van der Waals surface area contributed by atoms with Crippen LogP contribution in [-0.4, -0.2) is 30.5 Å². The maximum atomic E-state index is 11.6. The fourth-order valence-electron chi connectivity index (χ4n) is 1.99. The highest BCUT2D eigenvalue weighted by Gasteiger charge is 2.18. The van der Waals surface area contributed by atoms with Crippen molar-refractivity contribution in [2.24, 2.45) is 5.92 Å². The molecule has 0 saturated carbocycles. The molecule has 0 aliphatic carbocycles. The molecule has 1 aliphatic rings. The van der Waals surface area contributed by atoms with E-state index in [0.29, 0.717) is 12.5 Å². The minimum absolute atomic E-state index is 0.0220. The lowest BCUT2D eigenvalue weighted by Crippen LogP contribution is -2.26. The molecule has 0 bridgehead atoms. The molecule has 2 N–H and O–H groups in total. The Balaban J connectivity index is 1.77. The number of hydrogen-bond acceptors (Lipinski definition) is 5. The lowest BCUT2D eigenvalue weighted by atomic mass is 10.1. The van der Waals surface area contributed by atoms with Crippen LogP contribution in [0.5, 0.6) is 0 Å². The summed E-state index contributed by atoms with van der Waals surface area (Å²) in [7, 11) is 0. The molecular weight excluding hydrogens is 238 g/mol. The van der Waals surface area contributed by atoms with Gasteiger partial charge in [0, 0.05) is 6.54 Å². The van der Waals surface area contributed by atoms with E-state index < -0.39 is 16.7 Å². The third kappa shape index (κ3) is 3.07. The summed E-state index contributed by atoms with van der Waals surface area (Å²) in [4.78, 5) is 21.3. The molecule has 1 aliphatic heterocycles. The monoisotopic (exact) mass is 253 g/mol. The molecule has 0 aromatic carbocycles. The van der Waals surface area contributed by atoms with Gasteiger partial charge in [-0.2, -0.15) is 0 Å². The third-order valence-electron chi connectivity index (χ3n) is 3.00. The molecule has 1 aromatic heterocycles. The average Bonchev–Trinajstić information content (AvgIpc) is 2.99. The maximum absolute atomic E-state index is 11.6. The Labute approximate surface area is 104 Å². The minimum Gasteiger partial charge on any atom is -0.395 e. The molecule has 0 radical (unpaired) electrons. The molecule has 7 nitrogen and oxygen atoms in total. The molecule has 18 heavy (non-hydrogen) atoms. The third-order valence-corrected chi connectivity index (χ3v) is 3.00. The zero-order valence-electron chi connectivity index (χ0n) is 9.85. The maximum Gasteiger partial charge on any atom is 0.433 e. The van der Waals surface area contributed by atoms with Crippen molar-refractivity contribution in [3.63, 3.8) is 0 Å². The van der Waals surface area contributed by atoms with Crippen molar-refractivity contribution in [2.75, 3.05) is 19.6 Å². The second kappa shape index (κ2) is 5.63. The summed E-state index contributed by atoms with van der Waals surface area (Å²) in [5, 5.41) is 16.3. The van der Waals surface area contributed by atoms with Crippen LogP contribution in [0.2, 0.25) is 0 Å². The zero-order chi connectivity index (χ0) is 13.0. The Morgan fingerprint density at radius 2 is 2.44 bits per heavy atom. The van der Waals surface area contributed by atoms with Gasteiger partial charge in [-0.1, -0.05) is 0 Å². The largest absolute Gasteiger partial charge is 0.433 e. The van der Waals surface area contributed by atoms with Gasteiger partial charge >= 0.3 is 5.88 Å². The fraction of sp³-hybridized carbons (Fsp3) is 0.545. The molecule has 0 spiro atoms. The Kier molecular flexibility index (Phi) is 3.93. The van der Waals surface area contributed by atoms with E-state index >= 15 is 0 Å². The van der Waals surface area contributed by atoms with Crippen LogP contribution in [-0.2, 0) is 0 Å². The number of nitro groups is 1. The van der Waals surface area contributed by atoms with E-state index in [0.717, 1.165) is 25.9 Å². The van der Waals surface area contributed by atoms with E-state index in [9.17, 15) is 14.9 Å². The second-order valence-electron chi connectivity index (χ2n) is 4.30. The average molecular weight is 253 g/mol. The number of carbonyl (C=O) groups excluding carboxylic acids is 1. The highest BCUT2D eigenvalue weighted by Crippen LogP contribution is 2.15. The summed E-state index contributed by atoms with van der Waals surface area (Å²) in [6.45, 7) is 2.57. The van der Waals surface area contributed by atoms with Crippen LogP contribution >= 0.6 is 0 Å². The minimum atomic E-state index is -0.666. The fourth-order valence-corrected chi connectivity index (χ4v) is 1.99. The Morgan fingerprint density at radius 1 is 1.61 bits per heavy atom. The van der Waals surface area contributed by atoms with E-state index in [1.807, 2.05) is 0 Å². The Hall–Kier alpha value is -1.89. The van der Waals surface area contributed by atoms with Gasteiger partial charge in [-0.25, -0.2) is 0 Å². The Bertz CT molecular complexity index is 437. The van der Waals surface area contributed by atoms with Crippen LogP contribution in [0.1, 0.15) is 23.4 Å². The van der Waals surface area contributed by atoms with Gasteiger partial charge in [-0.3, -0.25) is 14.9 Å². The first-order valence-electron chi connectivity index (χ1n) is 5.90. The predicted octanol–water partition coefficient (Wildman–Crippen LogP) is 0.917. The molecule has 1 saturated heterocycles. The van der Waals surface area contributed by atoms with Crippen LogP contribution in [0.3, 0.4) is 0 Å². The molecule has 98 valence electrons. The van der Waals surface area contributed by atoms with Crippen molar-refractivity contribution in [1.82, 2.24) is 10.6 Å². The van der Waals surface area contributed by atoms with Crippen LogP contribution in [0.15, 0.2) is 16.5 Å². The van der Waals surface area contributed by atoms with Gasteiger partial charge in [0.1, 0.15) is 4.92 Å². The summed E-state index contributed by atoms with van der Waals surface area (Å²) in [5.74, 6) is -0.253. The SMILES string of the molecule is O=C(NCCC1CCNC1)c1ccc([N+](=O)[O-])o1. The zero-order valence-corrected chi connectivity index (χ0v) is 9.85. The highest BCUT2D eigenvalue weighted by atomic mass is 16.6. The summed E-state index contributed by atoms with van der Waals surface area (Å²) >= 11 is 0. The van der Waals surface area contributed by atoms with Gasteiger partial charge in [-0.05, 0) is 37.9 Å². The molecule has 7 heteroatoms. The normalized spacial score (nSPS) is 18.8. The van der Waals surface area contributed by atoms with Gasteiger partial charge in [-0.15, -0.1) is 0 Å². The first-order valence-corrected chi connectivity index (χ1v) is 5.90. The van der Waals surface area contributed by atoms with E-state index in [1.54, 1.807) is 0 Å². The number of nitrogens with zero attached hydrogens (tertiary/aromatic N) is 1. The topological polar surface area (TPSA) is 97.4 Å². The van der Waals surface area contributed by atoms with Crippen molar-refractivity contribution in [2.45, 2.75) is 12.8 Å². The van der Waals surface area contributed by atoms with E-state index in [1.165, 1.54) is 12.1 Å². The van der Waals surface area contributed by atoms with Gasteiger partial charge in [0.25, 0.3) is 5.91 Å². The summed E-state index contributed by atoms with van der Waals surface area (Å²) in [6, 6.07) is 2.49. The van der Waals surface area contributed by atoms with E-state index in [4.69, 9.17) is 4.42 Å². The number of rotatable bonds is 5. The first-order chi connectivity index (χ1) is 8.66. The van der Waals surface area contributed by atoms with Crippen molar-refractivity contribution in [3.05, 3.63) is 28.0 Å². The van der Waals surface area contributed by atoms with Crippen molar-refractivity contribution < 1.29 is 14.1 Å². The van der Waals surface area contributed by atoms with Gasteiger partial charge in [0.05, 0.1) is 6.07 Å². The van der Waals surface area contributed by atoms with E-state index in [-0.39, 0.29) is 5.76 Å². The number of nitrogens with one attached hydrogen (secondary N) is 2. The second-order valence-corrected chi connectivity index (χ2v) is 4.30. The number of furan rings is 1. The molecular formula is C11H15N3O4. The van der Waals surface area contributed by atoms with Crippen molar-refractivity contribution in [3.8, 4) is 0 Å². The molecule has 1 unspecified atom stereocenters. The van der Waals surface area contributed by atoms with Crippen LogP contribution in [0.4, 0.5) is 5.88 Å². The lowest BCUT2D eigenvalue weighted by Gasteiger charge is -2.07. The number of amides is 1. The smallest absolute Gasteiger partial charge is 0.395 e. The van der Waals surface area contributed by atoms with Gasteiger partial charge in [0.15, 0.2) is 5.76 Å². The van der Waals surface area contributed by atoms with Gasteiger partial charge in [0.2, 0.25) is 0 Å². The first kappa shape index (κ1) is 12.6. The van der Waals surface area contributed by atoms with Gasteiger partial charge < -0.3 is 15.1 Å². The van der Waals surface area contributed by atoms with Crippen LogP contribution in [0, 0.1) is 16.0 Å². The summed E-state index contributed by atoms with van der Waals surface area (Å²) in [5.41, 5.74) is 0. The summed E-state index contributed by atoms with van der Waals surface area (Å²) in [6.07, 6.45) is 2.03. The lowest BCUT2D eigenvalue weighted by molar-refractivity contribution is -0.402.